The van der Waals surface area contributed by atoms with Gasteiger partial charge in [-0.05, 0) is 61.9 Å². The van der Waals surface area contributed by atoms with Gasteiger partial charge in [-0.25, -0.2) is 0 Å². The van der Waals surface area contributed by atoms with Crippen molar-refractivity contribution >= 4 is 17.5 Å². The zero-order chi connectivity index (χ0) is 21.3. The van der Waals surface area contributed by atoms with Crippen LogP contribution in [0.2, 0.25) is 0 Å². The summed E-state index contributed by atoms with van der Waals surface area (Å²) in [6.07, 6.45) is 5.67. The van der Waals surface area contributed by atoms with Gasteiger partial charge in [0.1, 0.15) is 11.6 Å². The van der Waals surface area contributed by atoms with E-state index in [-0.39, 0.29) is 5.97 Å². The molecule has 5 rings (SSSR count). The number of fused-ring (bicyclic) bond motifs is 1. The zero-order valence-electron chi connectivity index (χ0n) is 17.6. The zero-order valence-corrected chi connectivity index (χ0v) is 17.6. The topological polar surface area (TPSA) is 73.3 Å². The Hall–Kier alpha value is -3.41. The predicted molar refractivity (Wildman–Crippen MR) is 118 cm³/mol. The van der Waals surface area contributed by atoms with E-state index in [4.69, 9.17) is 9.47 Å². The number of methoxy groups -OCH3 is 1. The highest BCUT2D eigenvalue weighted by molar-refractivity contribution is 5.84. The molecule has 0 radical (unpaired) electrons. The summed E-state index contributed by atoms with van der Waals surface area (Å²) in [4.78, 5) is 21.6. The molecule has 2 aromatic carbocycles. The summed E-state index contributed by atoms with van der Waals surface area (Å²) in [5, 5.41) is 3.44. The number of carbonyl (C=O) groups excluding carboxylic acids is 1. The monoisotopic (exact) mass is 415 g/mol. The molecular formula is C25H25N3O3. The van der Waals surface area contributed by atoms with Crippen molar-refractivity contribution in [3.63, 3.8) is 0 Å². The molecule has 0 unspecified atom stereocenters. The third kappa shape index (κ3) is 3.63. The number of aromatic nitrogens is 2. The lowest BCUT2D eigenvalue weighted by Crippen LogP contribution is -2.43. The molecule has 1 saturated carbocycles. The number of rotatable bonds is 6. The van der Waals surface area contributed by atoms with E-state index >= 15 is 0 Å². The lowest BCUT2D eigenvalue weighted by atomic mass is 9.64. The molecule has 0 amide bonds. The molecule has 3 aromatic rings. The van der Waals surface area contributed by atoms with Gasteiger partial charge in [0.25, 0.3) is 0 Å². The van der Waals surface area contributed by atoms with Gasteiger partial charge >= 0.3 is 12.0 Å². The van der Waals surface area contributed by atoms with E-state index in [0.29, 0.717) is 11.8 Å². The normalized spacial score (nSPS) is 16.2. The Labute approximate surface area is 181 Å². The molecule has 0 bridgehead atoms. The van der Waals surface area contributed by atoms with Gasteiger partial charge in [-0.2, -0.15) is 9.97 Å². The quantitative estimate of drug-likeness (QED) is 0.565. The molecule has 2 aliphatic carbocycles. The molecule has 1 aromatic heterocycles. The second-order valence-corrected chi connectivity index (χ2v) is 8.18. The minimum atomic E-state index is -0.486. The lowest BCUT2D eigenvalue weighted by molar-refractivity contribution is -0.151. The lowest BCUT2D eigenvalue weighted by Gasteiger charge is -2.39. The smallest absolute Gasteiger partial charge is 0.324 e. The maximum absolute atomic E-state index is 12.3. The van der Waals surface area contributed by atoms with Crippen LogP contribution in [-0.2, 0) is 27.8 Å². The van der Waals surface area contributed by atoms with Crippen molar-refractivity contribution in [1.29, 1.82) is 0 Å². The summed E-state index contributed by atoms with van der Waals surface area (Å²) < 4.78 is 11.0. The van der Waals surface area contributed by atoms with Crippen molar-refractivity contribution in [2.45, 2.75) is 43.9 Å². The van der Waals surface area contributed by atoms with Gasteiger partial charge in [-0.15, -0.1) is 0 Å². The van der Waals surface area contributed by atoms with Gasteiger partial charge in [-0.1, -0.05) is 36.8 Å². The van der Waals surface area contributed by atoms with Crippen LogP contribution in [0, 0.1) is 0 Å². The van der Waals surface area contributed by atoms with E-state index in [1.54, 1.807) is 0 Å². The molecule has 6 heteroatoms. The second-order valence-electron chi connectivity index (χ2n) is 8.18. The van der Waals surface area contributed by atoms with E-state index < -0.39 is 5.41 Å². The van der Waals surface area contributed by atoms with Gasteiger partial charge in [-0.3, -0.25) is 4.79 Å². The molecule has 1 N–H and O–H groups in total. The Morgan fingerprint density at radius 3 is 2.42 bits per heavy atom. The van der Waals surface area contributed by atoms with Crippen molar-refractivity contribution in [3.8, 4) is 11.8 Å². The summed E-state index contributed by atoms with van der Waals surface area (Å²) in [6, 6.07) is 18.0. The Balaban J connectivity index is 1.40. The van der Waals surface area contributed by atoms with Crippen LogP contribution in [0.3, 0.4) is 0 Å². The van der Waals surface area contributed by atoms with E-state index in [0.717, 1.165) is 66.9 Å². The average molecular weight is 415 g/mol. The molecule has 0 aliphatic heterocycles. The summed E-state index contributed by atoms with van der Waals surface area (Å²) >= 11 is 0. The minimum Gasteiger partial charge on any atom is -0.468 e. The highest BCUT2D eigenvalue weighted by Gasteiger charge is 2.46. The van der Waals surface area contributed by atoms with Crippen LogP contribution in [0.15, 0.2) is 54.6 Å². The van der Waals surface area contributed by atoms with Gasteiger partial charge in [0, 0.05) is 11.3 Å². The van der Waals surface area contributed by atoms with Crippen LogP contribution in [0.5, 0.6) is 11.8 Å². The fraction of sp³-hybridized carbons (Fsp3) is 0.320. The van der Waals surface area contributed by atoms with E-state index in [9.17, 15) is 4.79 Å². The minimum absolute atomic E-state index is 0.143. The number of hydrogen-bond acceptors (Lipinski definition) is 6. The molecule has 0 atom stereocenters. The molecule has 2 aliphatic rings. The third-order valence-corrected chi connectivity index (χ3v) is 6.35. The second kappa shape index (κ2) is 8.02. The van der Waals surface area contributed by atoms with Crippen LogP contribution in [0.4, 0.5) is 11.5 Å². The largest absolute Gasteiger partial charge is 0.468 e. The number of aryl methyl sites for hydroxylation is 1. The maximum atomic E-state index is 12.3. The van der Waals surface area contributed by atoms with Gasteiger partial charge in [0.2, 0.25) is 0 Å². The number of esters is 1. The molecule has 0 saturated heterocycles. The number of carbonyl (C=O) groups is 1. The molecule has 6 nitrogen and oxygen atoms in total. The standard InChI is InChI=1S/C25H25N3O3/c1-30-23(29)25(15-6-16-25)17-11-13-18(14-12-17)26-22-20-9-5-10-21(20)27-24(28-22)31-19-7-3-2-4-8-19/h2-4,7-8,11-14H,5-6,9-10,15-16H2,1H3,(H,26,27,28). The van der Waals surface area contributed by atoms with Crippen molar-refractivity contribution in [3.05, 3.63) is 71.4 Å². The van der Waals surface area contributed by atoms with Gasteiger partial charge < -0.3 is 14.8 Å². The Kier molecular flexibility index (Phi) is 5.06. The average Bonchev–Trinajstić information content (AvgIpc) is 3.24. The van der Waals surface area contributed by atoms with Crippen LogP contribution < -0.4 is 10.1 Å². The number of anilines is 2. The molecule has 158 valence electrons. The van der Waals surface area contributed by atoms with E-state index in [1.165, 1.54) is 7.11 Å². The molecule has 31 heavy (non-hydrogen) atoms. The fourth-order valence-corrected chi connectivity index (χ4v) is 4.50. The summed E-state index contributed by atoms with van der Waals surface area (Å²) in [5.41, 5.74) is 3.63. The van der Waals surface area contributed by atoms with Crippen LogP contribution in [0.1, 0.15) is 42.5 Å². The molecule has 0 spiro atoms. The van der Waals surface area contributed by atoms with Crippen LogP contribution in [-0.4, -0.2) is 23.0 Å². The van der Waals surface area contributed by atoms with Crippen LogP contribution >= 0.6 is 0 Å². The predicted octanol–water partition coefficient (Wildman–Crippen LogP) is 5.10. The number of benzene rings is 2. The van der Waals surface area contributed by atoms with Crippen molar-refractivity contribution < 1.29 is 14.3 Å². The first-order valence-corrected chi connectivity index (χ1v) is 10.8. The van der Waals surface area contributed by atoms with E-state index in [1.807, 2.05) is 54.6 Å². The van der Waals surface area contributed by atoms with Gasteiger partial charge in [0.05, 0.1) is 18.2 Å². The summed E-state index contributed by atoms with van der Waals surface area (Å²) in [5.74, 6) is 1.35. The number of hydrogen-bond donors (Lipinski definition) is 1. The maximum Gasteiger partial charge on any atom is 0.324 e. The molecular weight excluding hydrogens is 390 g/mol. The molecule has 1 heterocycles. The third-order valence-electron chi connectivity index (χ3n) is 6.35. The van der Waals surface area contributed by atoms with E-state index in [2.05, 4.69) is 15.3 Å². The Morgan fingerprint density at radius 2 is 1.74 bits per heavy atom. The van der Waals surface area contributed by atoms with Crippen molar-refractivity contribution in [2.24, 2.45) is 0 Å². The Morgan fingerprint density at radius 1 is 0.968 bits per heavy atom. The molecule has 1 fully saturated rings. The highest BCUT2D eigenvalue weighted by atomic mass is 16.5. The Bertz CT molecular complexity index is 1090. The number of nitrogens with zero attached hydrogens (tertiary/aromatic N) is 2. The summed E-state index contributed by atoms with van der Waals surface area (Å²) in [6.45, 7) is 0. The van der Waals surface area contributed by atoms with Gasteiger partial charge in [0.15, 0.2) is 0 Å². The summed E-state index contributed by atoms with van der Waals surface area (Å²) in [7, 11) is 1.46. The number of para-hydroxylation sites is 1. The number of ether oxygens (including phenoxy) is 2. The fourth-order valence-electron chi connectivity index (χ4n) is 4.50. The first kappa shape index (κ1) is 19.5. The van der Waals surface area contributed by atoms with Crippen molar-refractivity contribution in [1.82, 2.24) is 9.97 Å². The first-order valence-electron chi connectivity index (χ1n) is 10.8. The first-order chi connectivity index (χ1) is 15.2. The number of nitrogens with one attached hydrogen (secondary N) is 1. The SMILES string of the molecule is COC(=O)C1(c2ccc(Nc3nc(Oc4ccccc4)nc4c3CCC4)cc2)CCC1. The van der Waals surface area contributed by atoms with Crippen molar-refractivity contribution in [2.75, 3.05) is 12.4 Å². The van der Waals surface area contributed by atoms with Crippen LogP contribution in [0.25, 0.3) is 0 Å². The highest BCUT2D eigenvalue weighted by Crippen LogP contribution is 2.45.